The first-order valence-corrected chi connectivity index (χ1v) is 10.1. The van der Waals surface area contributed by atoms with Crippen molar-refractivity contribution >= 4 is 35.1 Å². The Bertz CT molecular complexity index is 789. The second kappa shape index (κ2) is 9.00. The number of amides is 3. The van der Waals surface area contributed by atoms with Crippen molar-refractivity contribution in [1.29, 1.82) is 5.53 Å². The highest BCUT2D eigenvalue weighted by atomic mass is 32.2. The molecule has 28 heavy (non-hydrogen) atoms. The molecule has 0 radical (unpaired) electrons. The largest absolute Gasteiger partial charge is 0.332 e. The van der Waals surface area contributed by atoms with Gasteiger partial charge in [0.1, 0.15) is 0 Å². The molecule has 2 saturated heterocycles. The van der Waals surface area contributed by atoms with Crippen molar-refractivity contribution < 1.29 is 14.5 Å². The van der Waals surface area contributed by atoms with E-state index in [0.29, 0.717) is 29.3 Å². The molecule has 3 amide bonds. The van der Waals surface area contributed by atoms with Crippen LogP contribution in [0.1, 0.15) is 31.2 Å². The summed E-state index contributed by atoms with van der Waals surface area (Å²) in [6.07, 6.45) is 2.83. The molecule has 0 aliphatic carbocycles. The van der Waals surface area contributed by atoms with Gasteiger partial charge in [0.25, 0.3) is 5.69 Å². The van der Waals surface area contributed by atoms with Crippen LogP contribution in [0.25, 0.3) is 0 Å². The molecule has 0 spiro atoms. The van der Waals surface area contributed by atoms with Crippen LogP contribution in [0.4, 0.5) is 16.2 Å². The summed E-state index contributed by atoms with van der Waals surface area (Å²) in [5.41, 5.74) is 7.39. The van der Waals surface area contributed by atoms with E-state index in [4.69, 9.17) is 5.53 Å². The van der Waals surface area contributed by atoms with E-state index < -0.39 is 4.92 Å². The van der Waals surface area contributed by atoms with E-state index in [2.05, 4.69) is 21.1 Å². The summed E-state index contributed by atoms with van der Waals surface area (Å²) in [4.78, 5) is 34.1. The van der Waals surface area contributed by atoms with Gasteiger partial charge in [-0.15, -0.1) is 0 Å². The standard InChI is InChI=1S/C17H22N6O4S/c18-19-8-10-5-6-11(7-13(10)23(26)27)20-15(24)4-2-1-3-14-16-12(9-28-14)21-17(25)22-16/h5-7,12,14,16,18H,1-4,8-9H2,(H,20,24)(H2,21,22,25)/t12-,14-,16-/m0/s1. The van der Waals surface area contributed by atoms with Gasteiger partial charge >= 0.3 is 6.03 Å². The number of unbranched alkanes of at least 4 members (excludes halogenated alkanes) is 1. The van der Waals surface area contributed by atoms with Crippen LogP contribution >= 0.6 is 11.8 Å². The number of urea groups is 1. The van der Waals surface area contributed by atoms with Gasteiger partial charge in [-0.25, -0.2) is 10.3 Å². The van der Waals surface area contributed by atoms with E-state index in [0.717, 1.165) is 18.6 Å². The smallest absolute Gasteiger partial charge is 0.315 e. The maximum absolute atomic E-state index is 12.1. The Hall–Kier alpha value is -2.69. The summed E-state index contributed by atoms with van der Waals surface area (Å²) in [6.45, 7) is -0.0679. The second-order valence-electron chi connectivity index (χ2n) is 6.83. The molecule has 3 atom stereocenters. The first kappa shape index (κ1) is 20.1. The van der Waals surface area contributed by atoms with Crippen molar-refractivity contribution in [2.24, 2.45) is 5.11 Å². The second-order valence-corrected chi connectivity index (χ2v) is 8.10. The topological polar surface area (TPSA) is 150 Å². The first-order valence-electron chi connectivity index (χ1n) is 9.07. The third-order valence-electron chi connectivity index (χ3n) is 4.90. The van der Waals surface area contributed by atoms with Gasteiger partial charge in [-0.1, -0.05) is 6.42 Å². The average molecular weight is 406 g/mol. The molecule has 0 aromatic heterocycles. The van der Waals surface area contributed by atoms with Gasteiger partial charge < -0.3 is 16.0 Å². The lowest BCUT2D eigenvalue weighted by atomic mass is 10.0. The zero-order chi connectivity index (χ0) is 20.1. The highest BCUT2D eigenvalue weighted by molar-refractivity contribution is 8.00. The van der Waals surface area contributed by atoms with Crippen LogP contribution in [0.2, 0.25) is 0 Å². The van der Waals surface area contributed by atoms with Crippen molar-refractivity contribution in [1.82, 2.24) is 10.6 Å². The maximum Gasteiger partial charge on any atom is 0.315 e. The fourth-order valence-corrected chi connectivity index (χ4v) is 5.07. The SMILES string of the molecule is N=NCc1ccc(NC(=O)CCCC[C@@H]2SC[C@@H]3NC(=O)N[C@@H]32)cc1[N+](=O)[O-]. The van der Waals surface area contributed by atoms with Crippen molar-refractivity contribution in [3.8, 4) is 0 Å². The average Bonchev–Trinajstić information content (AvgIpc) is 3.19. The third kappa shape index (κ3) is 4.77. The molecule has 11 heteroatoms. The molecule has 0 unspecified atom stereocenters. The Morgan fingerprint density at radius 3 is 2.96 bits per heavy atom. The number of nitrogens with one attached hydrogen (secondary N) is 4. The molecule has 2 fully saturated rings. The van der Waals surface area contributed by atoms with E-state index in [1.54, 1.807) is 6.07 Å². The maximum atomic E-state index is 12.1. The monoisotopic (exact) mass is 406 g/mol. The van der Waals surface area contributed by atoms with Gasteiger partial charge in [0.15, 0.2) is 0 Å². The molecule has 2 aliphatic heterocycles. The van der Waals surface area contributed by atoms with Gasteiger partial charge in [0.2, 0.25) is 5.91 Å². The number of thioether (sulfide) groups is 1. The van der Waals surface area contributed by atoms with Gasteiger partial charge in [0, 0.05) is 29.2 Å². The summed E-state index contributed by atoms with van der Waals surface area (Å²) >= 11 is 1.84. The lowest BCUT2D eigenvalue weighted by Gasteiger charge is -2.16. The summed E-state index contributed by atoms with van der Waals surface area (Å²) in [5, 5.41) is 23.2. The molecule has 0 bridgehead atoms. The lowest BCUT2D eigenvalue weighted by Crippen LogP contribution is -2.36. The number of nitro benzene ring substituents is 1. The Kier molecular flexibility index (Phi) is 6.45. The molecule has 0 saturated carbocycles. The number of anilines is 1. The van der Waals surface area contributed by atoms with Crippen LogP contribution in [0.3, 0.4) is 0 Å². The van der Waals surface area contributed by atoms with E-state index in [1.807, 2.05) is 11.8 Å². The predicted octanol–water partition coefficient (Wildman–Crippen LogP) is 2.79. The summed E-state index contributed by atoms with van der Waals surface area (Å²) in [7, 11) is 0. The van der Waals surface area contributed by atoms with Gasteiger partial charge in [0.05, 0.1) is 29.1 Å². The Morgan fingerprint density at radius 2 is 2.21 bits per heavy atom. The number of nitro groups is 1. The molecule has 1 aromatic rings. The lowest BCUT2D eigenvalue weighted by molar-refractivity contribution is -0.385. The Labute approximate surface area is 165 Å². The molecule has 10 nitrogen and oxygen atoms in total. The van der Waals surface area contributed by atoms with Crippen LogP contribution in [-0.4, -0.2) is 39.9 Å². The number of carbonyl (C=O) groups is 2. The first-order chi connectivity index (χ1) is 13.5. The molecule has 4 N–H and O–H groups in total. The zero-order valence-corrected chi connectivity index (χ0v) is 16.0. The number of rotatable bonds is 9. The fraction of sp³-hybridized carbons (Fsp3) is 0.529. The molecule has 150 valence electrons. The van der Waals surface area contributed by atoms with Crippen molar-refractivity contribution in [2.75, 3.05) is 11.1 Å². The minimum atomic E-state index is -0.542. The number of fused-ring (bicyclic) bond motifs is 1. The number of nitrogens with zero attached hydrogens (tertiary/aromatic N) is 2. The zero-order valence-electron chi connectivity index (χ0n) is 15.1. The Morgan fingerprint density at radius 1 is 1.39 bits per heavy atom. The van der Waals surface area contributed by atoms with Gasteiger partial charge in [-0.2, -0.15) is 16.9 Å². The summed E-state index contributed by atoms with van der Waals surface area (Å²) in [5.74, 6) is 0.719. The minimum absolute atomic E-state index is 0.0679. The molecule has 1 aromatic carbocycles. The van der Waals surface area contributed by atoms with E-state index in [1.165, 1.54) is 12.1 Å². The van der Waals surface area contributed by atoms with Crippen molar-refractivity contribution in [3.63, 3.8) is 0 Å². The van der Waals surface area contributed by atoms with E-state index in [9.17, 15) is 19.7 Å². The number of carbonyl (C=O) groups excluding carboxylic acids is 2. The van der Waals surface area contributed by atoms with Gasteiger partial charge in [-0.3, -0.25) is 14.9 Å². The Balaban J connectivity index is 1.43. The quantitative estimate of drug-likeness (QED) is 0.163. The van der Waals surface area contributed by atoms with Crippen LogP contribution in [-0.2, 0) is 11.3 Å². The van der Waals surface area contributed by atoms with Crippen molar-refractivity contribution in [2.45, 2.75) is 49.6 Å². The van der Waals surface area contributed by atoms with Crippen LogP contribution in [0.5, 0.6) is 0 Å². The number of benzene rings is 1. The van der Waals surface area contributed by atoms with Gasteiger partial charge in [-0.05, 0) is 25.0 Å². The number of hydrogen-bond donors (Lipinski definition) is 4. The molecule has 2 aliphatic rings. The molecular weight excluding hydrogens is 384 g/mol. The fourth-order valence-electron chi connectivity index (χ4n) is 3.53. The van der Waals surface area contributed by atoms with Crippen molar-refractivity contribution in [3.05, 3.63) is 33.9 Å². The third-order valence-corrected chi connectivity index (χ3v) is 6.40. The highest BCUT2D eigenvalue weighted by Crippen LogP contribution is 2.33. The highest BCUT2D eigenvalue weighted by Gasteiger charge is 2.42. The van der Waals surface area contributed by atoms with Crippen LogP contribution < -0.4 is 16.0 Å². The molecular formula is C17H22N6O4S. The number of hydrogen-bond acceptors (Lipinski definition) is 7. The predicted molar refractivity (Wildman–Crippen MR) is 105 cm³/mol. The summed E-state index contributed by atoms with van der Waals surface area (Å²) in [6, 6.07) is 4.65. The molecule has 2 heterocycles. The van der Waals surface area contributed by atoms with Crippen LogP contribution in [0.15, 0.2) is 23.3 Å². The van der Waals surface area contributed by atoms with Crippen LogP contribution in [0, 0.1) is 15.6 Å². The summed E-state index contributed by atoms with van der Waals surface area (Å²) < 4.78 is 0. The van der Waals surface area contributed by atoms with E-state index in [-0.39, 0.29) is 36.3 Å². The minimum Gasteiger partial charge on any atom is -0.332 e. The van der Waals surface area contributed by atoms with E-state index >= 15 is 0 Å². The normalized spacial score (nSPS) is 22.9. The molecule has 3 rings (SSSR count).